The van der Waals surface area contributed by atoms with Gasteiger partial charge in [0.2, 0.25) is 0 Å². The van der Waals surface area contributed by atoms with Gasteiger partial charge in [0.15, 0.2) is 0 Å². The Hall–Kier alpha value is -2.07. The molecule has 2 aromatic rings. The molecule has 0 bridgehead atoms. The Bertz CT molecular complexity index is 713. The van der Waals surface area contributed by atoms with Crippen LogP contribution in [0.3, 0.4) is 0 Å². The smallest absolute Gasteiger partial charge is 0.261 e. The van der Waals surface area contributed by atoms with E-state index in [-0.39, 0.29) is 5.04 Å². The summed E-state index contributed by atoms with van der Waals surface area (Å²) in [6, 6.07) is 21.7. The SMILES string of the molecule is CC(C)(C)[Si](OCCCCCCCCN=[N+]=[N-])(c1ccccc1)c1ccccc1. The fraction of sp³-hybridized carbons (Fsp3) is 0.500. The lowest BCUT2D eigenvalue weighted by Crippen LogP contribution is -2.66. The summed E-state index contributed by atoms with van der Waals surface area (Å²) in [5, 5.41) is 6.32. The highest BCUT2D eigenvalue weighted by Gasteiger charge is 2.49. The van der Waals surface area contributed by atoms with E-state index in [1.165, 1.54) is 29.6 Å². The predicted molar refractivity (Wildman–Crippen MR) is 125 cm³/mol. The Balaban J connectivity index is 2.03. The zero-order valence-corrected chi connectivity index (χ0v) is 19.2. The van der Waals surface area contributed by atoms with Gasteiger partial charge >= 0.3 is 0 Å². The highest BCUT2D eigenvalue weighted by molar-refractivity contribution is 6.99. The highest BCUT2D eigenvalue weighted by Crippen LogP contribution is 2.36. The van der Waals surface area contributed by atoms with Crippen molar-refractivity contribution in [3.05, 3.63) is 71.1 Å². The zero-order chi connectivity index (χ0) is 21.0. The van der Waals surface area contributed by atoms with E-state index in [1.807, 2.05) is 0 Å². The maximum atomic E-state index is 8.30. The van der Waals surface area contributed by atoms with E-state index in [1.54, 1.807) is 0 Å². The molecule has 0 unspecified atom stereocenters. The molecule has 0 spiro atoms. The van der Waals surface area contributed by atoms with E-state index in [0.29, 0.717) is 6.54 Å². The number of nitrogens with zero attached hydrogens (tertiary/aromatic N) is 3. The molecule has 4 nitrogen and oxygen atoms in total. The number of unbranched alkanes of at least 4 members (excludes halogenated alkanes) is 5. The summed E-state index contributed by atoms with van der Waals surface area (Å²) in [6.45, 7) is 8.38. The Morgan fingerprint density at radius 1 is 0.793 bits per heavy atom. The molecule has 0 radical (unpaired) electrons. The third-order valence-corrected chi connectivity index (χ3v) is 10.5. The predicted octanol–water partition coefficient (Wildman–Crippen LogP) is 6.21. The average molecular weight is 410 g/mol. The van der Waals surface area contributed by atoms with E-state index in [2.05, 4.69) is 91.5 Å². The first-order valence-corrected chi connectivity index (χ1v) is 12.7. The van der Waals surface area contributed by atoms with Crippen molar-refractivity contribution in [2.45, 2.75) is 64.3 Å². The molecule has 0 atom stereocenters. The molecule has 0 fully saturated rings. The molecule has 29 heavy (non-hydrogen) atoms. The van der Waals surface area contributed by atoms with Crippen LogP contribution in [0.5, 0.6) is 0 Å². The summed E-state index contributed by atoms with van der Waals surface area (Å²) >= 11 is 0. The van der Waals surface area contributed by atoms with Crippen LogP contribution in [0.1, 0.15) is 59.3 Å². The van der Waals surface area contributed by atoms with Crippen LogP contribution in [0.15, 0.2) is 65.8 Å². The molecular weight excluding hydrogens is 374 g/mol. The monoisotopic (exact) mass is 409 g/mol. The van der Waals surface area contributed by atoms with E-state index >= 15 is 0 Å². The minimum atomic E-state index is -2.39. The van der Waals surface area contributed by atoms with Crippen molar-refractivity contribution in [3.8, 4) is 0 Å². The molecule has 0 aliphatic carbocycles. The Labute approximate surface area is 177 Å². The first kappa shape index (κ1) is 23.2. The second-order valence-corrected chi connectivity index (χ2v) is 12.9. The van der Waals surface area contributed by atoms with Gasteiger partial charge in [0.05, 0.1) is 0 Å². The van der Waals surface area contributed by atoms with Gasteiger partial charge in [-0.1, -0.05) is 112 Å². The van der Waals surface area contributed by atoms with Crippen LogP contribution in [0.2, 0.25) is 5.04 Å². The molecular formula is C24H35N3OSi. The van der Waals surface area contributed by atoms with Gasteiger partial charge in [-0.25, -0.2) is 0 Å². The summed E-state index contributed by atoms with van der Waals surface area (Å²) < 4.78 is 6.91. The molecule has 0 amide bonds. The lowest BCUT2D eigenvalue weighted by atomic mass is 10.1. The minimum Gasteiger partial charge on any atom is -0.407 e. The Morgan fingerprint density at radius 3 is 1.76 bits per heavy atom. The fourth-order valence-electron chi connectivity index (χ4n) is 4.02. The maximum Gasteiger partial charge on any atom is 0.261 e. The second-order valence-electron chi connectivity index (χ2n) is 8.59. The van der Waals surface area contributed by atoms with Crippen molar-refractivity contribution < 1.29 is 4.43 Å². The average Bonchev–Trinajstić information content (AvgIpc) is 2.72. The summed E-state index contributed by atoms with van der Waals surface area (Å²) in [5.74, 6) is 0. The van der Waals surface area contributed by atoms with Gasteiger partial charge in [0, 0.05) is 18.1 Å². The largest absolute Gasteiger partial charge is 0.407 e. The summed E-state index contributed by atoms with van der Waals surface area (Å²) in [4.78, 5) is 2.80. The molecule has 0 N–H and O–H groups in total. The van der Waals surface area contributed by atoms with Crippen LogP contribution in [-0.2, 0) is 4.43 Å². The molecule has 0 aliphatic heterocycles. The van der Waals surface area contributed by atoms with Crippen LogP contribution in [-0.4, -0.2) is 21.5 Å². The van der Waals surface area contributed by atoms with Gasteiger partial charge in [-0.2, -0.15) is 0 Å². The first-order chi connectivity index (χ1) is 14.0. The van der Waals surface area contributed by atoms with Crippen molar-refractivity contribution in [3.63, 3.8) is 0 Å². The van der Waals surface area contributed by atoms with Crippen molar-refractivity contribution in [2.75, 3.05) is 13.2 Å². The van der Waals surface area contributed by atoms with Gasteiger partial charge in [-0.3, -0.25) is 0 Å². The number of azide groups is 1. The van der Waals surface area contributed by atoms with Crippen LogP contribution in [0.25, 0.3) is 10.4 Å². The van der Waals surface area contributed by atoms with Gasteiger partial charge < -0.3 is 4.43 Å². The lowest BCUT2D eigenvalue weighted by molar-refractivity contribution is 0.286. The second kappa shape index (κ2) is 11.8. The van der Waals surface area contributed by atoms with E-state index < -0.39 is 8.32 Å². The van der Waals surface area contributed by atoms with Crippen molar-refractivity contribution >= 4 is 18.7 Å². The van der Waals surface area contributed by atoms with E-state index in [9.17, 15) is 0 Å². The van der Waals surface area contributed by atoms with Gasteiger partial charge in [-0.05, 0) is 33.8 Å². The Morgan fingerprint density at radius 2 is 1.28 bits per heavy atom. The topological polar surface area (TPSA) is 58.0 Å². The lowest BCUT2D eigenvalue weighted by Gasteiger charge is -2.43. The standard InChI is InChI=1S/C24H35N3OSi/c1-24(2,3)29(22-16-10-8-11-17-22,23-18-12-9-13-19-23)28-21-15-7-5-4-6-14-20-26-27-25/h8-13,16-19H,4-7,14-15,20-21H2,1-3H3. The molecule has 156 valence electrons. The molecule has 0 aliphatic rings. The van der Waals surface area contributed by atoms with Crippen molar-refractivity contribution in [1.29, 1.82) is 0 Å². The maximum absolute atomic E-state index is 8.30. The van der Waals surface area contributed by atoms with Crippen LogP contribution >= 0.6 is 0 Å². The quantitative estimate of drug-likeness (QED) is 0.135. The highest BCUT2D eigenvalue weighted by atomic mass is 28.4. The van der Waals surface area contributed by atoms with Gasteiger partial charge in [0.25, 0.3) is 8.32 Å². The summed E-state index contributed by atoms with van der Waals surface area (Å²) in [6.07, 6.45) is 6.79. The third kappa shape index (κ3) is 6.46. The molecule has 0 heterocycles. The zero-order valence-electron chi connectivity index (χ0n) is 18.2. The normalized spacial score (nSPS) is 11.8. The fourth-order valence-corrected chi connectivity index (χ4v) is 8.63. The molecule has 2 aromatic carbocycles. The van der Waals surface area contributed by atoms with Gasteiger partial charge in [0.1, 0.15) is 0 Å². The molecule has 0 aromatic heterocycles. The van der Waals surface area contributed by atoms with Gasteiger partial charge in [-0.15, -0.1) is 0 Å². The third-order valence-electron chi connectivity index (χ3n) is 5.45. The minimum absolute atomic E-state index is 0.0387. The molecule has 2 rings (SSSR count). The summed E-state index contributed by atoms with van der Waals surface area (Å²) in [5.41, 5.74) is 8.30. The van der Waals surface area contributed by atoms with E-state index in [0.717, 1.165) is 25.9 Å². The number of hydrogen-bond acceptors (Lipinski definition) is 2. The number of hydrogen-bond donors (Lipinski definition) is 0. The Kier molecular flexibility index (Phi) is 9.45. The first-order valence-electron chi connectivity index (χ1n) is 10.8. The van der Waals surface area contributed by atoms with Crippen LogP contribution in [0.4, 0.5) is 0 Å². The van der Waals surface area contributed by atoms with Crippen LogP contribution in [0, 0.1) is 0 Å². The number of rotatable bonds is 12. The number of benzene rings is 2. The molecule has 0 saturated heterocycles. The van der Waals surface area contributed by atoms with Crippen molar-refractivity contribution in [2.24, 2.45) is 5.11 Å². The van der Waals surface area contributed by atoms with Crippen molar-refractivity contribution in [1.82, 2.24) is 0 Å². The molecule has 0 saturated carbocycles. The van der Waals surface area contributed by atoms with Crippen LogP contribution < -0.4 is 10.4 Å². The summed E-state index contributed by atoms with van der Waals surface area (Å²) in [7, 11) is -2.39. The molecule has 5 heteroatoms. The van der Waals surface area contributed by atoms with E-state index in [4.69, 9.17) is 9.96 Å².